The van der Waals surface area contributed by atoms with Gasteiger partial charge < -0.3 is 4.90 Å². The number of carbonyl (C=O) groups is 1. The van der Waals surface area contributed by atoms with E-state index in [9.17, 15) is 4.79 Å². The lowest BCUT2D eigenvalue weighted by atomic mass is 9.48. The van der Waals surface area contributed by atoms with Gasteiger partial charge in [0.05, 0.1) is 11.9 Å². The van der Waals surface area contributed by atoms with Crippen LogP contribution in [0.25, 0.3) is 5.69 Å². The number of amides is 1. The molecule has 1 amide bonds. The third-order valence-electron chi connectivity index (χ3n) is 7.14. The molecule has 148 valence electrons. The lowest BCUT2D eigenvalue weighted by Crippen LogP contribution is -2.54. The fourth-order valence-electron chi connectivity index (χ4n) is 6.52. The van der Waals surface area contributed by atoms with Gasteiger partial charge in [0.25, 0.3) is 0 Å². The Hall–Kier alpha value is -1.62. The average molecular weight is 442 g/mol. The molecule has 0 aliphatic heterocycles. The van der Waals surface area contributed by atoms with E-state index in [0.717, 1.165) is 23.1 Å². The number of rotatable bonds is 5. The van der Waals surface area contributed by atoms with E-state index >= 15 is 0 Å². The molecule has 5 heteroatoms. The van der Waals surface area contributed by atoms with Crippen LogP contribution < -0.4 is 0 Å². The normalized spacial score (nSPS) is 33.2. The zero-order valence-electron chi connectivity index (χ0n) is 16.5. The quantitative estimate of drug-likeness (QED) is 0.615. The van der Waals surface area contributed by atoms with Crippen LogP contribution >= 0.6 is 15.9 Å². The van der Waals surface area contributed by atoms with Crippen LogP contribution in [0.4, 0.5) is 0 Å². The van der Waals surface area contributed by atoms with Gasteiger partial charge in [-0.2, -0.15) is 5.10 Å². The van der Waals surface area contributed by atoms with E-state index in [1.165, 1.54) is 38.5 Å². The maximum absolute atomic E-state index is 13.1. The minimum absolute atomic E-state index is 0.229. The second kappa shape index (κ2) is 6.72. The molecule has 4 nitrogen and oxygen atoms in total. The van der Waals surface area contributed by atoms with Crippen molar-refractivity contribution in [3.63, 3.8) is 0 Å². The second-order valence-electron chi connectivity index (χ2n) is 9.67. The van der Waals surface area contributed by atoms with Crippen molar-refractivity contribution >= 4 is 21.8 Å². The molecule has 6 rings (SSSR count). The van der Waals surface area contributed by atoms with Gasteiger partial charge in [-0.3, -0.25) is 4.79 Å². The molecular weight excluding hydrogens is 414 g/mol. The van der Waals surface area contributed by atoms with Crippen molar-refractivity contribution in [3.05, 3.63) is 48.3 Å². The van der Waals surface area contributed by atoms with Crippen LogP contribution in [-0.4, -0.2) is 32.0 Å². The second-order valence-corrected chi connectivity index (χ2v) is 11.3. The first kappa shape index (κ1) is 18.4. The molecule has 0 unspecified atom stereocenters. The van der Waals surface area contributed by atoms with E-state index in [-0.39, 0.29) is 11.3 Å². The fourth-order valence-corrected chi connectivity index (χ4v) is 8.03. The number of benzene rings is 1. The number of alkyl halides is 1. The summed E-state index contributed by atoms with van der Waals surface area (Å²) in [6, 6.07) is 10.1. The van der Waals surface area contributed by atoms with Gasteiger partial charge in [0.1, 0.15) is 0 Å². The SMILES string of the molecule is CN(Cc1cnn(-c2ccccc2)c1)C(=O)CC12C[C@H]3C[C@@H](CC(Br)(C3)C1)C2. The van der Waals surface area contributed by atoms with Crippen molar-refractivity contribution in [1.82, 2.24) is 14.7 Å². The number of halogens is 1. The van der Waals surface area contributed by atoms with E-state index in [4.69, 9.17) is 0 Å². The summed E-state index contributed by atoms with van der Waals surface area (Å²) in [5, 5.41) is 4.46. The van der Waals surface area contributed by atoms with Crippen molar-refractivity contribution in [1.29, 1.82) is 0 Å². The first-order valence-corrected chi connectivity index (χ1v) is 11.2. The summed E-state index contributed by atoms with van der Waals surface area (Å²) in [5.74, 6) is 1.93. The highest BCUT2D eigenvalue weighted by molar-refractivity contribution is 9.10. The highest BCUT2D eigenvalue weighted by Crippen LogP contribution is 2.65. The summed E-state index contributed by atoms with van der Waals surface area (Å²) in [5.41, 5.74) is 2.34. The predicted octanol–water partition coefficient (Wildman–Crippen LogP) is 4.95. The van der Waals surface area contributed by atoms with Crippen LogP contribution in [0.3, 0.4) is 0 Å². The Morgan fingerprint density at radius 3 is 2.61 bits per heavy atom. The van der Waals surface area contributed by atoms with E-state index in [0.29, 0.717) is 17.3 Å². The van der Waals surface area contributed by atoms with Crippen LogP contribution in [0, 0.1) is 17.3 Å². The summed E-state index contributed by atoms with van der Waals surface area (Å²) in [7, 11) is 1.94. The zero-order chi connectivity index (χ0) is 19.4. The van der Waals surface area contributed by atoms with Gasteiger partial charge in [-0.05, 0) is 67.9 Å². The molecule has 4 aliphatic rings. The van der Waals surface area contributed by atoms with Crippen LogP contribution in [0.15, 0.2) is 42.7 Å². The number of hydrogen-bond donors (Lipinski definition) is 0. The minimum atomic E-state index is 0.229. The molecule has 0 radical (unpaired) electrons. The van der Waals surface area contributed by atoms with Crippen molar-refractivity contribution in [3.8, 4) is 5.69 Å². The molecule has 2 atom stereocenters. The van der Waals surface area contributed by atoms with Crippen LogP contribution in [0.1, 0.15) is 50.5 Å². The number of aromatic nitrogens is 2. The Labute approximate surface area is 175 Å². The molecule has 2 aromatic rings. The zero-order valence-corrected chi connectivity index (χ0v) is 18.1. The van der Waals surface area contributed by atoms with Crippen molar-refractivity contribution in [2.45, 2.75) is 55.8 Å². The highest BCUT2D eigenvalue weighted by Gasteiger charge is 2.57. The molecule has 0 saturated heterocycles. The Morgan fingerprint density at radius 2 is 1.93 bits per heavy atom. The Bertz CT molecular complexity index is 863. The molecule has 1 aromatic heterocycles. The molecule has 0 spiro atoms. The van der Waals surface area contributed by atoms with Gasteiger partial charge in [0, 0.05) is 36.1 Å². The third-order valence-corrected chi connectivity index (χ3v) is 8.07. The Balaban J connectivity index is 1.25. The molecule has 4 bridgehead atoms. The topological polar surface area (TPSA) is 38.1 Å². The lowest BCUT2D eigenvalue weighted by Gasteiger charge is -2.60. The molecule has 28 heavy (non-hydrogen) atoms. The molecular formula is C23H28BrN3O. The Morgan fingerprint density at radius 1 is 1.21 bits per heavy atom. The average Bonchev–Trinajstić information content (AvgIpc) is 3.08. The summed E-state index contributed by atoms with van der Waals surface area (Å²) in [6.45, 7) is 0.619. The predicted molar refractivity (Wildman–Crippen MR) is 113 cm³/mol. The van der Waals surface area contributed by atoms with Gasteiger partial charge in [-0.1, -0.05) is 34.1 Å². The molecule has 1 heterocycles. The summed E-state index contributed by atoms with van der Waals surface area (Å²) in [4.78, 5) is 15.0. The van der Waals surface area contributed by atoms with Gasteiger partial charge in [-0.25, -0.2) is 4.68 Å². The maximum atomic E-state index is 13.1. The first-order valence-electron chi connectivity index (χ1n) is 10.4. The molecule has 0 N–H and O–H groups in total. The minimum Gasteiger partial charge on any atom is -0.341 e. The van der Waals surface area contributed by atoms with Crippen molar-refractivity contribution in [2.24, 2.45) is 17.3 Å². The summed E-state index contributed by atoms with van der Waals surface area (Å²) >= 11 is 4.06. The first-order chi connectivity index (χ1) is 13.4. The van der Waals surface area contributed by atoms with Crippen molar-refractivity contribution in [2.75, 3.05) is 7.05 Å². The maximum Gasteiger partial charge on any atom is 0.223 e. The smallest absolute Gasteiger partial charge is 0.223 e. The van der Waals surface area contributed by atoms with Crippen LogP contribution in [-0.2, 0) is 11.3 Å². The van der Waals surface area contributed by atoms with Gasteiger partial charge >= 0.3 is 0 Å². The number of hydrogen-bond acceptors (Lipinski definition) is 2. The van der Waals surface area contributed by atoms with Crippen LogP contribution in [0.2, 0.25) is 0 Å². The summed E-state index contributed by atoms with van der Waals surface area (Å²) < 4.78 is 2.19. The Kier molecular flexibility index (Phi) is 4.42. The standard InChI is InChI=1S/C23H28BrN3O/c1-26(14-19-13-25-27(15-19)20-5-3-2-4-6-20)21(28)12-22-8-17-7-18(9-22)11-23(24,10-17)16-22/h2-6,13,15,17-18H,7-12,14,16H2,1H3/t17-,18-,22?,23?/m1/s1. The third kappa shape index (κ3) is 3.42. The molecule has 4 aliphatic carbocycles. The van der Waals surface area contributed by atoms with Crippen LogP contribution in [0.5, 0.6) is 0 Å². The molecule has 1 aromatic carbocycles. The fraction of sp³-hybridized carbons (Fsp3) is 0.565. The van der Waals surface area contributed by atoms with Gasteiger partial charge in [-0.15, -0.1) is 0 Å². The van der Waals surface area contributed by atoms with Gasteiger partial charge in [0.15, 0.2) is 0 Å². The van der Waals surface area contributed by atoms with Crippen molar-refractivity contribution < 1.29 is 4.79 Å². The van der Waals surface area contributed by atoms with E-state index in [1.54, 1.807) is 0 Å². The molecule has 4 saturated carbocycles. The van der Waals surface area contributed by atoms with E-state index < -0.39 is 0 Å². The monoisotopic (exact) mass is 441 g/mol. The highest BCUT2D eigenvalue weighted by atomic mass is 79.9. The van der Waals surface area contributed by atoms with Gasteiger partial charge in [0.2, 0.25) is 5.91 Å². The number of para-hydroxylation sites is 1. The summed E-state index contributed by atoms with van der Waals surface area (Å²) in [6.07, 6.45) is 12.3. The number of nitrogens with zero attached hydrogens (tertiary/aromatic N) is 3. The van der Waals surface area contributed by atoms with E-state index in [2.05, 4.69) is 21.0 Å². The van der Waals surface area contributed by atoms with E-state index in [1.807, 2.05) is 59.4 Å². The lowest BCUT2D eigenvalue weighted by molar-refractivity contribution is -0.137. The number of carbonyl (C=O) groups excluding carboxylic acids is 1. The molecule has 4 fully saturated rings. The largest absolute Gasteiger partial charge is 0.341 e.